The molecule has 0 amide bonds. The van der Waals surface area contributed by atoms with Crippen molar-refractivity contribution >= 4 is 5.65 Å². The third-order valence-electron chi connectivity index (χ3n) is 3.54. The summed E-state index contributed by atoms with van der Waals surface area (Å²) in [6.45, 7) is 7.00. The molecule has 0 radical (unpaired) electrons. The van der Waals surface area contributed by atoms with Gasteiger partial charge in [0.1, 0.15) is 17.7 Å². The van der Waals surface area contributed by atoms with Crippen LogP contribution < -0.4 is 0 Å². The highest BCUT2D eigenvalue weighted by Gasteiger charge is 2.74. The van der Waals surface area contributed by atoms with Crippen molar-refractivity contribution in [2.45, 2.75) is 51.1 Å². The first-order valence-corrected chi connectivity index (χ1v) is 6.78. The van der Waals surface area contributed by atoms with Gasteiger partial charge in [0.25, 0.3) is 0 Å². The van der Waals surface area contributed by atoms with Gasteiger partial charge in [0.05, 0.1) is 5.69 Å². The van der Waals surface area contributed by atoms with Gasteiger partial charge in [-0.1, -0.05) is 20.8 Å². The average molecular weight is 357 g/mol. The summed E-state index contributed by atoms with van der Waals surface area (Å²) in [7, 11) is 0. The summed E-state index contributed by atoms with van der Waals surface area (Å²) >= 11 is 0. The monoisotopic (exact) mass is 357 g/mol. The molecule has 2 aromatic heterocycles. The van der Waals surface area contributed by atoms with E-state index in [-0.39, 0.29) is 5.65 Å². The van der Waals surface area contributed by atoms with E-state index in [2.05, 4.69) is 9.97 Å². The van der Waals surface area contributed by atoms with Crippen molar-refractivity contribution in [3.63, 3.8) is 0 Å². The minimum atomic E-state index is -6.41. The topological polar surface area (TPSA) is 30.2 Å². The zero-order valence-corrected chi connectivity index (χ0v) is 13.1. The van der Waals surface area contributed by atoms with Crippen molar-refractivity contribution in [2.75, 3.05) is 0 Å². The molecule has 0 unspecified atom stereocenters. The largest absolute Gasteiger partial charge is 0.460 e. The number of hydrogen-bond donors (Lipinski definition) is 0. The Morgan fingerprint density at radius 1 is 0.958 bits per heavy atom. The van der Waals surface area contributed by atoms with Gasteiger partial charge in [-0.15, -0.1) is 0 Å². The summed E-state index contributed by atoms with van der Waals surface area (Å²) in [6.07, 6.45) is -5.64. The van der Waals surface area contributed by atoms with Crippen LogP contribution in [0, 0.1) is 6.92 Å². The van der Waals surface area contributed by atoms with E-state index in [0.29, 0.717) is 17.5 Å². The summed E-state index contributed by atoms with van der Waals surface area (Å²) in [6, 6.07) is 0.446. The zero-order chi connectivity index (χ0) is 18.7. The Bertz CT molecular complexity index is 769. The van der Waals surface area contributed by atoms with Crippen LogP contribution in [0.3, 0.4) is 0 Å². The molecule has 0 aromatic carbocycles. The van der Waals surface area contributed by atoms with Crippen molar-refractivity contribution in [2.24, 2.45) is 0 Å². The molecule has 0 spiro atoms. The lowest BCUT2D eigenvalue weighted by Gasteiger charge is -2.27. The maximum Gasteiger partial charge on any atom is 0.460 e. The summed E-state index contributed by atoms with van der Waals surface area (Å²) < 4.78 is 91.8. The molecule has 3 nitrogen and oxygen atoms in total. The standard InChI is InChI=1S/C14H14F7N3/c1-7-10(11(2,3)4)23-9-5-8(22-6-24(7)9)12(15,16)13(17,18)14(19,20)21/h5-6H,1-4H3. The number of fused-ring (bicyclic) bond motifs is 1. The molecule has 0 aliphatic heterocycles. The predicted octanol–water partition coefficient (Wildman–Crippen LogP) is 4.62. The Balaban J connectivity index is 2.63. The molecular weight excluding hydrogens is 343 g/mol. The third kappa shape index (κ3) is 2.61. The van der Waals surface area contributed by atoms with E-state index in [1.807, 2.05) is 0 Å². The van der Waals surface area contributed by atoms with Gasteiger partial charge in [-0.3, -0.25) is 4.40 Å². The lowest BCUT2D eigenvalue weighted by atomic mass is 9.91. The van der Waals surface area contributed by atoms with Crippen LogP contribution in [0.15, 0.2) is 12.4 Å². The lowest BCUT2D eigenvalue weighted by Crippen LogP contribution is -2.50. The van der Waals surface area contributed by atoms with E-state index in [4.69, 9.17) is 0 Å². The highest BCUT2D eigenvalue weighted by molar-refractivity contribution is 5.46. The third-order valence-corrected chi connectivity index (χ3v) is 3.54. The average Bonchev–Trinajstić information content (AvgIpc) is 2.74. The number of imidazole rings is 1. The zero-order valence-electron chi connectivity index (χ0n) is 13.1. The van der Waals surface area contributed by atoms with Crippen LogP contribution in [0.1, 0.15) is 37.9 Å². The first-order chi connectivity index (χ1) is 10.6. The molecule has 2 aromatic rings. The molecule has 0 saturated heterocycles. The van der Waals surface area contributed by atoms with E-state index in [1.54, 1.807) is 27.7 Å². The molecule has 0 aliphatic rings. The van der Waals surface area contributed by atoms with E-state index in [9.17, 15) is 30.7 Å². The van der Waals surface area contributed by atoms with Crippen LogP contribution in [0.5, 0.6) is 0 Å². The molecular formula is C14H14F7N3. The minimum absolute atomic E-state index is 0.180. The normalized spacial score (nSPS) is 14.5. The Morgan fingerprint density at radius 3 is 1.96 bits per heavy atom. The molecule has 2 rings (SSSR count). The van der Waals surface area contributed by atoms with Gasteiger partial charge in [0.2, 0.25) is 0 Å². The number of nitrogens with zero attached hydrogens (tertiary/aromatic N) is 3. The molecule has 0 atom stereocenters. The van der Waals surface area contributed by atoms with Gasteiger partial charge < -0.3 is 0 Å². The van der Waals surface area contributed by atoms with Crippen LogP contribution in [-0.4, -0.2) is 26.5 Å². The SMILES string of the molecule is Cc1c(C(C)(C)C)nc2cc(C(F)(F)C(F)(F)C(F)(F)F)ncn12. The fraction of sp³-hybridized carbons (Fsp3) is 0.571. The number of alkyl halides is 7. The van der Waals surface area contributed by atoms with Crippen molar-refractivity contribution in [3.8, 4) is 0 Å². The van der Waals surface area contributed by atoms with Crippen molar-refractivity contribution < 1.29 is 30.7 Å². The molecule has 134 valence electrons. The van der Waals surface area contributed by atoms with Crippen molar-refractivity contribution in [3.05, 3.63) is 29.5 Å². The van der Waals surface area contributed by atoms with Crippen LogP contribution in [-0.2, 0) is 11.3 Å². The number of rotatable bonds is 2. The number of hydrogen-bond acceptors (Lipinski definition) is 2. The van der Waals surface area contributed by atoms with Gasteiger partial charge in [0, 0.05) is 17.2 Å². The second-order valence-electron chi connectivity index (χ2n) is 6.44. The highest BCUT2D eigenvalue weighted by atomic mass is 19.4. The predicted molar refractivity (Wildman–Crippen MR) is 71.3 cm³/mol. The first-order valence-electron chi connectivity index (χ1n) is 6.78. The molecule has 0 bridgehead atoms. The Hall–Kier alpha value is -1.87. The van der Waals surface area contributed by atoms with Gasteiger partial charge in [-0.25, -0.2) is 9.97 Å². The number of halogens is 7. The molecule has 0 fully saturated rings. The molecule has 0 N–H and O–H groups in total. The molecule has 0 saturated carbocycles. The summed E-state index contributed by atoms with van der Waals surface area (Å²) in [5.74, 6) is -11.8. The first kappa shape index (κ1) is 18.5. The van der Waals surface area contributed by atoms with Crippen LogP contribution >= 0.6 is 0 Å². The molecule has 2 heterocycles. The van der Waals surface area contributed by atoms with Gasteiger partial charge >= 0.3 is 18.0 Å². The highest BCUT2D eigenvalue weighted by Crippen LogP contribution is 2.51. The summed E-state index contributed by atoms with van der Waals surface area (Å²) in [4.78, 5) is 7.17. The Labute approximate surface area is 132 Å². The van der Waals surface area contributed by atoms with Gasteiger partial charge in [-0.2, -0.15) is 30.7 Å². The van der Waals surface area contributed by atoms with Crippen LogP contribution in [0.4, 0.5) is 30.7 Å². The molecule has 0 aliphatic carbocycles. The fourth-order valence-corrected chi connectivity index (χ4v) is 2.28. The van der Waals surface area contributed by atoms with Crippen LogP contribution in [0.2, 0.25) is 0 Å². The fourth-order valence-electron chi connectivity index (χ4n) is 2.28. The maximum atomic E-state index is 13.7. The molecule has 10 heteroatoms. The number of aryl methyl sites for hydroxylation is 1. The summed E-state index contributed by atoms with van der Waals surface area (Å²) in [5, 5.41) is 0. The molecule has 24 heavy (non-hydrogen) atoms. The van der Waals surface area contributed by atoms with Crippen molar-refractivity contribution in [1.82, 2.24) is 14.4 Å². The van der Waals surface area contributed by atoms with E-state index >= 15 is 0 Å². The van der Waals surface area contributed by atoms with Gasteiger partial charge in [-0.05, 0) is 6.92 Å². The summed E-state index contributed by atoms with van der Waals surface area (Å²) in [5.41, 5.74) is -1.33. The maximum absolute atomic E-state index is 13.7. The van der Waals surface area contributed by atoms with E-state index in [1.165, 1.54) is 4.40 Å². The van der Waals surface area contributed by atoms with Gasteiger partial charge in [0.15, 0.2) is 0 Å². The van der Waals surface area contributed by atoms with Crippen molar-refractivity contribution in [1.29, 1.82) is 0 Å². The lowest BCUT2D eigenvalue weighted by molar-refractivity contribution is -0.360. The minimum Gasteiger partial charge on any atom is -0.287 e. The second-order valence-corrected chi connectivity index (χ2v) is 6.44. The Kier molecular flexibility index (Phi) is 3.89. The van der Waals surface area contributed by atoms with E-state index in [0.717, 1.165) is 6.33 Å². The number of aromatic nitrogens is 3. The smallest absolute Gasteiger partial charge is 0.287 e. The Morgan fingerprint density at radius 2 is 1.50 bits per heavy atom. The van der Waals surface area contributed by atoms with Crippen LogP contribution in [0.25, 0.3) is 5.65 Å². The second kappa shape index (κ2) is 5.06. The van der Waals surface area contributed by atoms with E-state index < -0.39 is 29.1 Å². The quantitative estimate of drug-likeness (QED) is 0.734.